The molecule has 4 rings (SSSR count). The summed E-state index contributed by atoms with van der Waals surface area (Å²) in [5, 5.41) is 19.9. The standard InChI is InChI=1S/C33H46B2N2O2/c1-30(2,32(5,6)38)22-34-25-11-17-28(18-12-25)37(27-15-9-24(21-36)10-16-27)29-19-13-26(14-20-29)35-23-31(3,4)33(7,8)39-35/h9-13,15-17,19-20,26,28,34,38H,14,18,22-23H2,1-8H3. The quantitative estimate of drug-likeness (QED) is 0.364. The van der Waals surface area contributed by atoms with Crippen molar-refractivity contribution in [2.75, 3.05) is 4.90 Å². The van der Waals surface area contributed by atoms with Crippen molar-refractivity contribution < 1.29 is 9.76 Å². The van der Waals surface area contributed by atoms with Crippen LogP contribution < -0.4 is 4.90 Å². The molecule has 2 unspecified atom stereocenters. The van der Waals surface area contributed by atoms with Crippen molar-refractivity contribution in [2.24, 2.45) is 10.8 Å². The molecule has 1 fully saturated rings. The second-order valence-electron chi connectivity index (χ2n) is 14.1. The van der Waals surface area contributed by atoms with Crippen molar-refractivity contribution in [3.05, 3.63) is 77.5 Å². The Bertz CT molecular complexity index is 1190. The Morgan fingerprint density at radius 3 is 2.23 bits per heavy atom. The first kappa shape index (κ1) is 29.5. The van der Waals surface area contributed by atoms with Gasteiger partial charge in [-0.3, -0.25) is 0 Å². The predicted molar refractivity (Wildman–Crippen MR) is 166 cm³/mol. The topological polar surface area (TPSA) is 56.5 Å². The van der Waals surface area contributed by atoms with Gasteiger partial charge in [-0.25, -0.2) is 0 Å². The van der Waals surface area contributed by atoms with Crippen LogP contribution in [-0.4, -0.2) is 36.5 Å². The van der Waals surface area contributed by atoms with Gasteiger partial charge >= 0.3 is 6.92 Å². The Hall–Kier alpha value is -2.48. The van der Waals surface area contributed by atoms with Gasteiger partial charge in [0.2, 0.25) is 0 Å². The van der Waals surface area contributed by atoms with E-state index >= 15 is 0 Å². The van der Waals surface area contributed by atoms with Crippen molar-refractivity contribution in [2.45, 2.75) is 104 Å². The van der Waals surface area contributed by atoms with Gasteiger partial charge in [-0.2, -0.15) is 5.26 Å². The summed E-state index contributed by atoms with van der Waals surface area (Å²) in [6.07, 6.45) is 17.8. The molecule has 0 aromatic heterocycles. The molecule has 0 saturated carbocycles. The van der Waals surface area contributed by atoms with E-state index in [9.17, 15) is 10.4 Å². The van der Waals surface area contributed by atoms with Gasteiger partial charge in [-0.15, -0.1) is 0 Å². The molecule has 1 aliphatic heterocycles. The zero-order valence-electron chi connectivity index (χ0n) is 25.3. The summed E-state index contributed by atoms with van der Waals surface area (Å²) < 4.78 is 6.55. The summed E-state index contributed by atoms with van der Waals surface area (Å²) >= 11 is 0. The first-order chi connectivity index (χ1) is 18.1. The molecule has 1 saturated heterocycles. The summed E-state index contributed by atoms with van der Waals surface area (Å²) in [5.41, 5.74) is 3.46. The van der Waals surface area contributed by atoms with E-state index in [1.54, 1.807) is 0 Å². The highest BCUT2D eigenvalue weighted by Crippen LogP contribution is 2.49. The van der Waals surface area contributed by atoms with Crippen LogP contribution in [0, 0.1) is 22.2 Å². The minimum absolute atomic E-state index is 0.122. The van der Waals surface area contributed by atoms with Crippen molar-refractivity contribution in [1.29, 1.82) is 5.26 Å². The minimum Gasteiger partial charge on any atom is -0.430 e. The highest BCUT2D eigenvalue weighted by atomic mass is 16.5. The smallest absolute Gasteiger partial charge is 0.301 e. The Kier molecular flexibility index (Phi) is 8.19. The van der Waals surface area contributed by atoms with Crippen LogP contribution in [0.4, 0.5) is 5.69 Å². The molecule has 206 valence electrons. The van der Waals surface area contributed by atoms with Gasteiger partial charge in [0.05, 0.1) is 28.9 Å². The molecule has 1 heterocycles. The van der Waals surface area contributed by atoms with Crippen LogP contribution in [0.5, 0.6) is 0 Å². The van der Waals surface area contributed by atoms with Crippen LogP contribution in [0.25, 0.3) is 0 Å². The van der Waals surface area contributed by atoms with E-state index in [0.29, 0.717) is 11.4 Å². The molecule has 4 nitrogen and oxygen atoms in total. The average Bonchev–Trinajstić information content (AvgIpc) is 3.10. The monoisotopic (exact) mass is 524 g/mol. The summed E-state index contributed by atoms with van der Waals surface area (Å²) in [7, 11) is 0.954. The zero-order chi connectivity index (χ0) is 28.6. The average molecular weight is 524 g/mol. The van der Waals surface area contributed by atoms with E-state index in [1.165, 1.54) is 11.2 Å². The summed E-state index contributed by atoms with van der Waals surface area (Å²) in [6.45, 7) is 17.4. The number of rotatable bonds is 8. The maximum atomic E-state index is 10.6. The molecule has 1 aromatic rings. The molecule has 2 atom stereocenters. The fourth-order valence-corrected chi connectivity index (χ4v) is 5.67. The number of anilines is 1. The molecule has 0 bridgehead atoms. The summed E-state index contributed by atoms with van der Waals surface area (Å²) in [4.78, 5) is 2.40. The molecule has 6 heteroatoms. The van der Waals surface area contributed by atoms with Crippen LogP contribution in [0.2, 0.25) is 18.5 Å². The lowest BCUT2D eigenvalue weighted by Gasteiger charge is -2.38. The van der Waals surface area contributed by atoms with Crippen LogP contribution in [-0.2, 0) is 4.65 Å². The molecular formula is C33H46B2N2O2. The Balaban J connectivity index is 1.50. The number of hydrogen-bond donors (Lipinski definition) is 1. The van der Waals surface area contributed by atoms with Crippen molar-refractivity contribution >= 4 is 19.9 Å². The van der Waals surface area contributed by atoms with E-state index in [-0.39, 0.29) is 29.4 Å². The maximum absolute atomic E-state index is 10.6. The third-order valence-electron chi connectivity index (χ3n) is 10.1. The normalized spacial score (nSPS) is 24.2. The molecule has 1 aromatic carbocycles. The third kappa shape index (κ3) is 6.31. The predicted octanol–water partition coefficient (Wildman–Crippen LogP) is 7.27. The SMILES string of the molecule is CC(C)(O)C(C)(C)CBC1=CCC(N(C2=CCC(B3CC(C)(C)C(C)(C)O3)C=C2)c2ccc(C#N)cc2)C=C1. The Labute approximate surface area is 237 Å². The first-order valence-electron chi connectivity index (χ1n) is 14.6. The second kappa shape index (κ2) is 10.8. The van der Waals surface area contributed by atoms with Gasteiger partial charge < -0.3 is 14.7 Å². The highest BCUT2D eigenvalue weighted by Gasteiger charge is 2.51. The van der Waals surface area contributed by atoms with Crippen molar-refractivity contribution in [3.8, 4) is 6.07 Å². The van der Waals surface area contributed by atoms with Crippen molar-refractivity contribution in [1.82, 2.24) is 0 Å². The number of aliphatic hydroxyl groups is 1. The van der Waals surface area contributed by atoms with Gasteiger partial charge in [0.15, 0.2) is 7.28 Å². The highest BCUT2D eigenvalue weighted by molar-refractivity contribution is 6.55. The van der Waals surface area contributed by atoms with Gasteiger partial charge in [-0.05, 0) is 93.8 Å². The van der Waals surface area contributed by atoms with Crippen molar-refractivity contribution in [3.63, 3.8) is 0 Å². The van der Waals surface area contributed by atoms with Gasteiger partial charge in [0, 0.05) is 11.4 Å². The maximum Gasteiger partial charge on any atom is 0.301 e. The largest absolute Gasteiger partial charge is 0.430 e. The lowest BCUT2D eigenvalue weighted by atomic mass is 9.49. The minimum atomic E-state index is -0.715. The Morgan fingerprint density at radius 2 is 1.74 bits per heavy atom. The fourth-order valence-electron chi connectivity index (χ4n) is 5.67. The van der Waals surface area contributed by atoms with E-state index in [0.717, 1.165) is 38.4 Å². The molecule has 0 amide bonds. The van der Waals surface area contributed by atoms with E-state index < -0.39 is 5.60 Å². The van der Waals surface area contributed by atoms with Crippen LogP contribution in [0.3, 0.4) is 0 Å². The number of benzene rings is 1. The summed E-state index contributed by atoms with van der Waals surface area (Å²) in [6, 6.07) is 10.4. The zero-order valence-corrected chi connectivity index (χ0v) is 25.3. The first-order valence-corrected chi connectivity index (χ1v) is 14.6. The number of allylic oxidation sites excluding steroid dienone is 5. The molecule has 1 N–H and O–H groups in total. The molecule has 3 aliphatic rings. The van der Waals surface area contributed by atoms with Crippen LogP contribution in [0.1, 0.15) is 73.8 Å². The van der Waals surface area contributed by atoms with E-state index in [1.807, 2.05) is 26.0 Å². The number of nitriles is 1. The van der Waals surface area contributed by atoms with Gasteiger partial charge in [0.25, 0.3) is 0 Å². The van der Waals surface area contributed by atoms with Gasteiger partial charge in [-0.1, -0.05) is 69.9 Å². The molecule has 2 aliphatic carbocycles. The van der Waals surface area contributed by atoms with Crippen LogP contribution in [0.15, 0.2) is 71.9 Å². The lowest BCUT2D eigenvalue weighted by Crippen LogP contribution is -2.39. The number of nitrogens with zero attached hydrogens (tertiary/aromatic N) is 2. The molecule has 0 spiro atoms. The second-order valence-corrected chi connectivity index (χ2v) is 14.1. The molecule has 0 radical (unpaired) electrons. The fraction of sp³-hybridized carbons (Fsp3) is 0.545. The third-order valence-corrected chi connectivity index (χ3v) is 10.1. The van der Waals surface area contributed by atoms with E-state index in [2.05, 4.69) is 101 Å². The molecular weight excluding hydrogens is 478 g/mol. The Morgan fingerprint density at radius 1 is 1.05 bits per heavy atom. The van der Waals surface area contributed by atoms with Gasteiger partial charge in [0.1, 0.15) is 0 Å². The van der Waals surface area contributed by atoms with E-state index in [4.69, 9.17) is 4.65 Å². The number of hydrogen-bond acceptors (Lipinski definition) is 4. The lowest BCUT2D eigenvalue weighted by molar-refractivity contribution is -0.0236. The van der Waals surface area contributed by atoms with Crippen LogP contribution >= 0.6 is 0 Å². The summed E-state index contributed by atoms with van der Waals surface area (Å²) in [5.74, 6) is 0.380. The molecule has 39 heavy (non-hydrogen) atoms.